The summed E-state index contributed by atoms with van der Waals surface area (Å²) >= 11 is 0. The number of carbonyl (C=O) groups is 2. The van der Waals surface area contributed by atoms with Gasteiger partial charge in [0, 0.05) is 6.42 Å². The van der Waals surface area contributed by atoms with E-state index < -0.39 is 11.8 Å². The van der Waals surface area contributed by atoms with E-state index in [4.69, 9.17) is 4.74 Å². The van der Waals surface area contributed by atoms with Crippen molar-refractivity contribution < 1.29 is 19.4 Å². The molecule has 0 fully saturated rings. The normalized spacial score (nSPS) is 9.50. The fourth-order valence-electron chi connectivity index (χ4n) is 1.00. The zero-order chi connectivity index (χ0) is 10.6. The van der Waals surface area contributed by atoms with Gasteiger partial charge in [0.05, 0.1) is 7.11 Å². The first kappa shape index (κ1) is 10.2. The Hall–Kier alpha value is -1.84. The molecule has 0 aliphatic carbocycles. The molecule has 0 amide bonds. The van der Waals surface area contributed by atoms with Gasteiger partial charge in [-0.15, -0.1) is 0 Å². The molecule has 0 radical (unpaired) electrons. The van der Waals surface area contributed by atoms with Gasteiger partial charge in [0.1, 0.15) is 11.7 Å². The smallest absolute Gasteiger partial charge is 0.182 e. The SMILES string of the molecule is COc1ccc(CC(=O)C(=O)[O-])cc1. The Morgan fingerprint density at radius 3 is 2.29 bits per heavy atom. The maximum Gasteiger partial charge on any atom is 0.182 e. The fourth-order valence-corrected chi connectivity index (χ4v) is 1.00. The second-order valence-electron chi connectivity index (χ2n) is 2.74. The minimum atomic E-state index is -1.65. The van der Waals surface area contributed by atoms with Crippen LogP contribution >= 0.6 is 0 Å². The quantitative estimate of drug-likeness (QED) is 0.608. The molecular weight excluding hydrogens is 184 g/mol. The molecule has 14 heavy (non-hydrogen) atoms. The molecule has 0 N–H and O–H groups in total. The number of carbonyl (C=O) groups excluding carboxylic acids is 2. The maximum absolute atomic E-state index is 10.8. The van der Waals surface area contributed by atoms with Crippen LogP contribution in [0.15, 0.2) is 24.3 Å². The lowest BCUT2D eigenvalue weighted by Crippen LogP contribution is -2.32. The van der Waals surface area contributed by atoms with Gasteiger partial charge < -0.3 is 14.6 Å². The monoisotopic (exact) mass is 193 g/mol. The average molecular weight is 193 g/mol. The van der Waals surface area contributed by atoms with Crippen LogP contribution in [-0.4, -0.2) is 18.9 Å². The number of benzene rings is 1. The summed E-state index contributed by atoms with van der Waals surface area (Å²) in [6.45, 7) is 0. The van der Waals surface area contributed by atoms with Crippen molar-refractivity contribution >= 4 is 11.8 Å². The van der Waals surface area contributed by atoms with Crippen molar-refractivity contribution in [2.75, 3.05) is 7.11 Å². The van der Waals surface area contributed by atoms with E-state index in [1.165, 1.54) is 7.11 Å². The Morgan fingerprint density at radius 2 is 1.86 bits per heavy atom. The van der Waals surface area contributed by atoms with Crippen LogP contribution in [-0.2, 0) is 16.0 Å². The van der Waals surface area contributed by atoms with Crippen molar-refractivity contribution in [1.29, 1.82) is 0 Å². The van der Waals surface area contributed by atoms with E-state index in [0.717, 1.165) is 0 Å². The first-order valence-electron chi connectivity index (χ1n) is 4.00. The van der Waals surface area contributed by atoms with Gasteiger partial charge in [-0.1, -0.05) is 12.1 Å². The Labute approximate surface area is 81.1 Å². The zero-order valence-corrected chi connectivity index (χ0v) is 7.65. The maximum atomic E-state index is 10.8. The lowest BCUT2D eigenvalue weighted by atomic mass is 10.1. The van der Waals surface area contributed by atoms with Crippen molar-refractivity contribution in [1.82, 2.24) is 0 Å². The highest BCUT2D eigenvalue weighted by Gasteiger charge is 2.04. The van der Waals surface area contributed by atoms with Crippen LogP contribution in [0.25, 0.3) is 0 Å². The third-order valence-corrected chi connectivity index (χ3v) is 1.75. The minimum absolute atomic E-state index is 0.147. The molecule has 0 unspecified atom stereocenters. The first-order valence-corrected chi connectivity index (χ1v) is 4.00. The van der Waals surface area contributed by atoms with E-state index in [9.17, 15) is 14.7 Å². The summed E-state index contributed by atoms with van der Waals surface area (Å²) in [4.78, 5) is 20.9. The van der Waals surface area contributed by atoms with E-state index in [2.05, 4.69) is 0 Å². The Bertz CT molecular complexity index is 340. The predicted molar refractivity (Wildman–Crippen MR) is 46.7 cm³/mol. The minimum Gasteiger partial charge on any atom is -0.542 e. The van der Waals surface area contributed by atoms with Gasteiger partial charge in [-0.2, -0.15) is 0 Å². The number of methoxy groups -OCH3 is 1. The van der Waals surface area contributed by atoms with Crippen molar-refractivity contribution in [3.05, 3.63) is 29.8 Å². The summed E-state index contributed by atoms with van der Waals surface area (Å²) in [6, 6.07) is 6.61. The van der Waals surface area contributed by atoms with Gasteiger partial charge in [-0.25, -0.2) is 0 Å². The largest absolute Gasteiger partial charge is 0.542 e. The Morgan fingerprint density at radius 1 is 1.29 bits per heavy atom. The van der Waals surface area contributed by atoms with Crippen LogP contribution in [0.2, 0.25) is 0 Å². The van der Waals surface area contributed by atoms with Gasteiger partial charge in [0.25, 0.3) is 0 Å². The van der Waals surface area contributed by atoms with Gasteiger partial charge in [-0.05, 0) is 17.7 Å². The highest BCUT2D eigenvalue weighted by Crippen LogP contribution is 2.11. The summed E-state index contributed by atoms with van der Waals surface area (Å²) in [5.41, 5.74) is 0.625. The number of rotatable bonds is 4. The van der Waals surface area contributed by atoms with Crippen molar-refractivity contribution in [3.63, 3.8) is 0 Å². The van der Waals surface area contributed by atoms with E-state index in [1.54, 1.807) is 24.3 Å². The van der Waals surface area contributed by atoms with Gasteiger partial charge >= 0.3 is 0 Å². The average Bonchev–Trinajstić information content (AvgIpc) is 2.19. The summed E-state index contributed by atoms with van der Waals surface area (Å²) < 4.78 is 4.91. The molecule has 0 atom stereocenters. The van der Waals surface area contributed by atoms with Gasteiger partial charge in [0.15, 0.2) is 5.78 Å². The molecule has 1 aromatic rings. The second kappa shape index (κ2) is 4.41. The highest BCUT2D eigenvalue weighted by molar-refractivity contribution is 6.32. The van der Waals surface area contributed by atoms with Crippen LogP contribution in [0.5, 0.6) is 5.75 Å². The summed E-state index contributed by atoms with van der Waals surface area (Å²) in [7, 11) is 1.53. The summed E-state index contributed by atoms with van der Waals surface area (Å²) in [5.74, 6) is -1.91. The highest BCUT2D eigenvalue weighted by atomic mass is 16.5. The van der Waals surface area contributed by atoms with Crippen LogP contribution in [0, 0.1) is 0 Å². The van der Waals surface area contributed by atoms with Crippen molar-refractivity contribution in [2.45, 2.75) is 6.42 Å². The topological polar surface area (TPSA) is 66.4 Å². The van der Waals surface area contributed by atoms with Crippen molar-refractivity contribution in [2.24, 2.45) is 0 Å². The van der Waals surface area contributed by atoms with E-state index >= 15 is 0 Å². The molecule has 0 saturated heterocycles. The molecule has 0 aromatic heterocycles. The molecule has 0 spiro atoms. The number of hydrogen-bond donors (Lipinski definition) is 0. The molecular formula is C10H9O4-. The lowest BCUT2D eigenvalue weighted by molar-refractivity contribution is -0.299. The molecule has 4 heteroatoms. The standard InChI is InChI=1S/C10H10O4/c1-14-8-4-2-7(3-5-8)6-9(11)10(12)13/h2-5H,6H2,1H3,(H,12,13)/p-1. The molecule has 74 valence electrons. The predicted octanol–water partition coefficient (Wildman–Crippen LogP) is -0.443. The molecule has 1 aromatic carbocycles. The number of ketones is 1. The van der Waals surface area contributed by atoms with Crippen LogP contribution in [0.1, 0.15) is 5.56 Å². The molecule has 0 saturated carbocycles. The third kappa shape index (κ3) is 2.58. The summed E-state index contributed by atoms with van der Waals surface area (Å²) in [6.07, 6.45) is -0.147. The Balaban J connectivity index is 2.69. The van der Waals surface area contributed by atoms with Crippen LogP contribution in [0.4, 0.5) is 0 Å². The third-order valence-electron chi connectivity index (χ3n) is 1.75. The van der Waals surface area contributed by atoms with Crippen LogP contribution < -0.4 is 9.84 Å². The van der Waals surface area contributed by atoms with Gasteiger partial charge in [-0.3, -0.25) is 4.79 Å². The number of carboxylic acid groups (broad SMARTS) is 1. The number of hydrogen-bond acceptors (Lipinski definition) is 4. The van der Waals surface area contributed by atoms with E-state index in [1.807, 2.05) is 0 Å². The zero-order valence-electron chi connectivity index (χ0n) is 7.65. The van der Waals surface area contributed by atoms with E-state index in [-0.39, 0.29) is 6.42 Å². The number of carboxylic acids is 1. The van der Waals surface area contributed by atoms with Crippen LogP contribution in [0.3, 0.4) is 0 Å². The first-order chi connectivity index (χ1) is 6.63. The molecule has 0 aliphatic heterocycles. The van der Waals surface area contributed by atoms with Crippen molar-refractivity contribution in [3.8, 4) is 5.75 Å². The Kier molecular flexibility index (Phi) is 3.23. The number of Topliss-reactive ketones (excluding diaryl/α,β-unsaturated/α-hetero) is 1. The molecule has 4 nitrogen and oxygen atoms in total. The number of ether oxygens (including phenoxy) is 1. The fraction of sp³-hybridized carbons (Fsp3) is 0.200. The summed E-state index contributed by atoms with van der Waals surface area (Å²) in [5, 5.41) is 10.1. The molecule has 0 bridgehead atoms. The molecule has 0 aliphatic rings. The number of aliphatic carboxylic acids is 1. The van der Waals surface area contributed by atoms with E-state index in [0.29, 0.717) is 11.3 Å². The molecule has 0 heterocycles. The van der Waals surface area contributed by atoms with Gasteiger partial charge in [0.2, 0.25) is 0 Å². The molecule has 1 rings (SSSR count). The second-order valence-corrected chi connectivity index (χ2v) is 2.74. The lowest BCUT2D eigenvalue weighted by Gasteiger charge is -2.03.